The van der Waals surface area contributed by atoms with Gasteiger partial charge in [-0.25, -0.2) is 4.98 Å². The Morgan fingerprint density at radius 2 is 1.95 bits per heavy atom. The lowest BCUT2D eigenvalue weighted by molar-refractivity contribution is 0.618. The van der Waals surface area contributed by atoms with Crippen molar-refractivity contribution in [2.75, 3.05) is 11.5 Å². The zero-order valence-corrected chi connectivity index (χ0v) is 13.6. The van der Waals surface area contributed by atoms with Gasteiger partial charge in [0.15, 0.2) is 0 Å². The van der Waals surface area contributed by atoms with Crippen molar-refractivity contribution in [1.82, 2.24) is 9.55 Å². The van der Waals surface area contributed by atoms with Gasteiger partial charge in [-0.15, -0.1) is 23.5 Å². The number of aromatic nitrogens is 2. The van der Waals surface area contributed by atoms with E-state index >= 15 is 0 Å². The van der Waals surface area contributed by atoms with Gasteiger partial charge in [0.1, 0.15) is 0 Å². The summed E-state index contributed by atoms with van der Waals surface area (Å²) in [4.78, 5) is 4.16. The molecule has 0 atom stereocenters. The number of hydrogen-bond acceptors (Lipinski definition) is 3. The zero-order valence-electron chi connectivity index (χ0n) is 11.2. The molecule has 1 fully saturated rings. The molecule has 2 heterocycles. The molecule has 1 aromatic carbocycles. The molecule has 5 heteroatoms. The Balaban J connectivity index is 1.79. The molecule has 1 aliphatic heterocycles. The van der Waals surface area contributed by atoms with Crippen molar-refractivity contribution in [3.05, 3.63) is 53.6 Å². The van der Waals surface area contributed by atoms with Crippen LogP contribution in [0.3, 0.4) is 0 Å². The van der Waals surface area contributed by atoms with Crippen LogP contribution >= 0.6 is 35.1 Å². The first kappa shape index (κ1) is 14.4. The lowest BCUT2D eigenvalue weighted by atomic mass is 10.1. The van der Waals surface area contributed by atoms with Gasteiger partial charge in [-0.1, -0.05) is 23.7 Å². The summed E-state index contributed by atoms with van der Waals surface area (Å²) in [6.07, 6.45) is 8.20. The molecule has 1 aromatic heterocycles. The molecule has 0 radical (unpaired) electrons. The normalized spacial score (nSPS) is 18.1. The van der Waals surface area contributed by atoms with E-state index in [4.69, 9.17) is 11.6 Å². The highest BCUT2D eigenvalue weighted by Crippen LogP contribution is 2.45. The third-order valence-corrected chi connectivity index (χ3v) is 6.93. The van der Waals surface area contributed by atoms with E-state index in [0.717, 1.165) is 18.0 Å². The molecule has 0 N–H and O–H groups in total. The standard InChI is InChI=1S/C15H17ClN2S2/c16-14-4-2-13(3-5-14)10-15(19-8-1-9-20-15)11-18-7-6-17-12-18/h2-7,12H,1,8-11H2. The Bertz CT molecular complexity index is 534. The average Bonchev–Trinajstić information content (AvgIpc) is 2.95. The van der Waals surface area contributed by atoms with Crippen molar-refractivity contribution >= 4 is 35.1 Å². The number of rotatable bonds is 4. The zero-order chi connectivity index (χ0) is 13.8. The van der Waals surface area contributed by atoms with Gasteiger partial charge in [-0.3, -0.25) is 0 Å². The minimum Gasteiger partial charge on any atom is -0.335 e. The lowest BCUT2D eigenvalue weighted by Gasteiger charge is -2.36. The maximum Gasteiger partial charge on any atom is 0.0946 e. The van der Waals surface area contributed by atoms with Gasteiger partial charge in [0.2, 0.25) is 0 Å². The second-order valence-corrected chi connectivity index (χ2v) is 8.65. The quantitative estimate of drug-likeness (QED) is 0.833. The molecule has 0 amide bonds. The minimum atomic E-state index is 0.215. The Hall–Kier alpha value is -0.580. The third kappa shape index (κ3) is 3.54. The molecular weight excluding hydrogens is 308 g/mol. The fraction of sp³-hybridized carbons (Fsp3) is 0.400. The van der Waals surface area contributed by atoms with Crippen LogP contribution in [-0.4, -0.2) is 25.1 Å². The number of halogens is 1. The van der Waals surface area contributed by atoms with E-state index in [1.54, 1.807) is 0 Å². The predicted molar refractivity (Wildman–Crippen MR) is 89.6 cm³/mol. The van der Waals surface area contributed by atoms with Crippen molar-refractivity contribution in [1.29, 1.82) is 0 Å². The fourth-order valence-electron chi connectivity index (χ4n) is 2.44. The van der Waals surface area contributed by atoms with Crippen molar-refractivity contribution < 1.29 is 0 Å². The van der Waals surface area contributed by atoms with E-state index in [1.807, 2.05) is 24.7 Å². The first-order valence-electron chi connectivity index (χ1n) is 6.74. The maximum absolute atomic E-state index is 5.98. The van der Waals surface area contributed by atoms with Gasteiger partial charge in [0, 0.05) is 24.0 Å². The number of thioether (sulfide) groups is 2. The monoisotopic (exact) mass is 324 g/mol. The number of nitrogens with zero attached hydrogens (tertiary/aromatic N) is 2. The molecule has 106 valence electrons. The molecular formula is C15H17ClN2S2. The molecule has 1 saturated heterocycles. The van der Waals surface area contributed by atoms with E-state index in [2.05, 4.69) is 51.4 Å². The van der Waals surface area contributed by atoms with Crippen molar-refractivity contribution in [3.63, 3.8) is 0 Å². The van der Waals surface area contributed by atoms with Crippen LogP contribution in [0, 0.1) is 0 Å². The first-order valence-corrected chi connectivity index (χ1v) is 9.09. The third-order valence-electron chi connectivity index (χ3n) is 3.39. The van der Waals surface area contributed by atoms with Crippen molar-refractivity contribution in [2.45, 2.75) is 23.5 Å². The summed E-state index contributed by atoms with van der Waals surface area (Å²) in [5.74, 6) is 2.49. The molecule has 3 rings (SSSR count). The maximum atomic E-state index is 5.98. The summed E-state index contributed by atoms with van der Waals surface area (Å²) in [5.41, 5.74) is 1.36. The van der Waals surface area contributed by atoms with Crippen LogP contribution in [0.25, 0.3) is 0 Å². The van der Waals surface area contributed by atoms with Crippen molar-refractivity contribution in [2.24, 2.45) is 0 Å². The lowest BCUT2D eigenvalue weighted by Crippen LogP contribution is -2.32. The molecule has 0 unspecified atom stereocenters. The highest BCUT2D eigenvalue weighted by atomic mass is 35.5. The van der Waals surface area contributed by atoms with Crippen LogP contribution in [-0.2, 0) is 13.0 Å². The fourth-order valence-corrected chi connectivity index (χ4v) is 5.92. The summed E-state index contributed by atoms with van der Waals surface area (Å²) in [7, 11) is 0. The summed E-state index contributed by atoms with van der Waals surface area (Å²) >= 11 is 10.2. The van der Waals surface area contributed by atoms with Crippen LogP contribution in [0.5, 0.6) is 0 Å². The topological polar surface area (TPSA) is 17.8 Å². The smallest absolute Gasteiger partial charge is 0.0946 e. The molecule has 0 bridgehead atoms. The van der Waals surface area contributed by atoms with Crippen LogP contribution in [0.1, 0.15) is 12.0 Å². The van der Waals surface area contributed by atoms with E-state index < -0.39 is 0 Å². The number of imidazole rings is 1. The first-order chi connectivity index (χ1) is 9.76. The highest BCUT2D eigenvalue weighted by molar-refractivity contribution is 8.18. The van der Waals surface area contributed by atoms with Gasteiger partial charge >= 0.3 is 0 Å². The molecule has 2 nitrogen and oxygen atoms in total. The van der Waals surface area contributed by atoms with Crippen LogP contribution in [0.2, 0.25) is 5.02 Å². The van der Waals surface area contributed by atoms with Crippen molar-refractivity contribution in [3.8, 4) is 0 Å². The summed E-state index contributed by atoms with van der Waals surface area (Å²) in [6, 6.07) is 8.27. The summed E-state index contributed by atoms with van der Waals surface area (Å²) in [6.45, 7) is 1.00. The Kier molecular flexibility index (Phi) is 4.64. The highest BCUT2D eigenvalue weighted by Gasteiger charge is 2.34. The van der Waals surface area contributed by atoms with Gasteiger partial charge in [-0.2, -0.15) is 0 Å². The van der Waals surface area contributed by atoms with Crippen LogP contribution in [0.15, 0.2) is 43.0 Å². The summed E-state index contributed by atoms with van der Waals surface area (Å²) in [5, 5.41) is 0.807. The SMILES string of the molecule is Clc1ccc(CC2(Cn3ccnc3)SCCCS2)cc1. The predicted octanol–water partition coefficient (Wildman–Crippen LogP) is 4.35. The summed E-state index contributed by atoms with van der Waals surface area (Å²) < 4.78 is 2.41. The Morgan fingerprint density at radius 1 is 1.20 bits per heavy atom. The van der Waals surface area contributed by atoms with E-state index in [1.165, 1.54) is 23.5 Å². The largest absolute Gasteiger partial charge is 0.335 e. The molecule has 0 spiro atoms. The number of hydrogen-bond donors (Lipinski definition) is 0. The van der Waals surface area contributed by atoms with E-state index in [-0.39, 0.29) is 4.08 Å². The van der Waals surface area contributed by atoms with Gasteiger partial charge in [0.05, 0.1) is 10.4 Å². The average molecular weight is 325 g/mol. The molecule has 0 saturated carbocycles. The van der Waals surface area contributed by atoms with Gasteiger partial charge < -0.3 is 4.57 Å². The van der Waals surface area contributed by atoms with Gasteiger partial charge in [-0.05, 0) is 42.0 Å². The molecule has 2 aromatic rings. The Labute approximate surface area is 133 Å². The van der Waals surface area contributed by atoms with E-state index in [9.17, 15) is 0 Å². The Morgan fingerprint density at radius 3 is 2.60 bits per heavy atom. The second kappa shape index (κ2) is 6.46. The van der Waals surface area contributed by atoms with E-state index in [0.29, 0.717) is 0 Å². The molecule has 0 aliphatic carbocycles. The molecule has 1 aliphatic rings. The second-order valence-electron chi connectivity index (χ2n) is 5.00. The van der Waals surface area contributed by atoms with Gasteiger partial charge in [0.25, 0.3) is 0 Å². The van der Waals surface area contributed by atoms with Crippen LogP contribution in [0.4, 0.5) is 0 Å². The molecule has 20 heavy (non-hydrogen) atoms. The number of benzene rings is 1. The minimum absolute atomic E-state index is 0.215. The van der Waals surface area contributed by atoms with Crippen LogP contribution < -0.4 is 0 Å².